The Kier molecular flexibility index (Phi) is 2.57. The van der Waals surface area contributed by atoms with Crippen LogP contribution >= 0.6 is 0 Å². The summed E-state index contributed by atoms with van der Waals surface area (Å²) in [6, 6.07) is 6.23. The van der Waals surface area contributed by atoms with E-state index in [0.717, 1.165) is 5.69 Å². The fourth-order valence-electron chi connectivity index (χ4n) is 1.24. The first-order valence-corrected chi connectivity index (χ1v) is 4.68. The molecule has 0 aromatic carbocycles. The molecule has 1 aliphatic rings. The van der Waals surface area contributed by atoms with Crippen LogP contribution in [-0.4, -0.2) is 22.7 Å². The van der Waals surface area contributed by atoms with Crippen molar-refractivity contribution in [2.45, 2.75) is 25.0 Å². The van der Waals surface area contributed by atoms with Crippen LogP contribution in [0.4, 0.5) is 0 Å². The minimum Gasteiger partial charge on any atom is -0.385 e. The number of hydrogen-bond acceptors (Lipinski definition) is 3. The molecule has 0 amide bonds. The number of nitrogens with one attached hydrogen (secondary N) is 1. The van der Waals surface area contributed by atoms with Gasteiger partial charge in [0.25, 0.3) is 0 Å². The van der Waals surface area contributed by atoms with Crippen LogP contribution in [0.15, 0.2) is 24.4 Å². The molecule has 1 aromatic rings. The zero-order valence-corrected chi connectivity index (χ0v) is 7.48. The molecular weight excluding hydrogens is 164 g/mol. The molecule has 2 N–H and O–H groups in total. The molecule has 2 rings (SSSR count). The lowest BCUT2D eigenvalue weighted by Gasteiger charge is -2.09. The summed E-state index contributed by atoms with van der Waals surface area (Å²) in [7, 11) is 0. The predicted octanol–water partition coefficient (Wildman–Crippen LogP) is 0.867. The summed E-state index contributed by atoms with van der Waals surface area (Å²) >= 11 is 0. The van der Waals surface area contributed by atoms with Gasteiger partial charge in [-0.1, -0.05) is 6.07 Å². The minimum atomic E-state index is -0.471. The molecule has 0 bridgehead atoms. The summed E-state index contributed by atoms with van der Waals surface area (Å²) < 4.78 is 0. The Hall–Kier alpha value is -0.930. The summed E-state index contributed by atoms with van der Waals surface area (Å²) in [6.45, 7) is 0.613. The normalized spacial score (nSPS) is 18.5. The Balaban J connectivity index is 1.85. The SMILES string of the molecule is OC(CNC1CC1)c1ccccn1. The molecule has 0 saturated heterocycles. The zero-order chi connectivity index (χ0) is 9.10. The third-order valence-corrected chi connectivity index (χ3v) is 2.21. The van der Waals surface area contributed by atoms with Gasteiger partial charge in [-0.15, -0.1) is 0 Å². The Morgan fingerprint density at radius 2 is 2.38 bits per heavy atom. The van der Waals surface area contributed by atoms with E-state index in [0.29, 0.717) is 12.6 Å². The van der Waals surface area contributed by atoms with Crippen molar-refractivity contribution in [1.82, 2.24) is 10.3 Å². The van der Waals surface area contributed by atoms with Gasteiger partial charge in [-0.25, -0.2) is 0 Å². The lowest BCUT2D eigenvalue weighted by atomic mass is 10.2. The number of pyridine rings is 1. The Labute approximate surface area is 77.8 Å². The molecular formula is C10H14N2O. The predicted molar refractivity (Wildman–Crippen MR) is 50.2 cm³/mol. The second-order valence-electron chi connectivity index (χ2n) is 3.45. The van der Waals surface area contributed by atoms with Crippen molar-refractivity contribution in [3.05, 3.63) is 30.1 Å². The van der Waals surface area contributed by atoms with Crippen LogP contribution in [0.1, 0.15) is 24.6 Å². The van der Waals surface area contributed by atoms with Crippen molar-refractivity contribution in [2.75, 3.05) is 6.54 Å². The molecule has 1 saturated carbocycles. The van der Waals surface area contributed by atoms with Crippen molar-refractivity contribution in [3.63, 3.8) is 0 Å². The minimum absolute atomic E-state index is 0.471. The highest BCUT2D eigenvalue weighted by molar-refractivity contribution is 5.07. The molecule has 1 atom stereocenters. The Morgan fingerprint density at radius 3 is 3.00 bits per heavy atom. The van der Waals surface area contributed by atoms with Crippen molar-refractivity contribution >= 4 is 0 Å². The maximum atomic E-state index is 9.67. The summed E-state index contributed by atoms with van der Waals surface area (Å²) in [4.78, 5) is 4.09. The molecule has 1 fully saturated rings. The summed E-state index contributed by atoms with van der Waals surface area (Å²) in [6.07, 6.45) is 3.72. The smallest absolute Gasteiger partial charge is 0.108 e. The number of aliphatic hydroxyl groups excluding tert-OH is 1. The van der Waals surface area contributed by atoms with Crippen molar-refractivity contribution in [1.29, 1.82) is 0 Å². The maximum Gasteiger partial charge on any atom is 0.108 e. The molecule has 3 heteroatoms. The lowest BCUT2D eigenvalue weighted by molar-refractivity contribution is 0.169. The van der Waals surface area contributed by atoms with Gasteiger partial charge in [-0.3, -0.25) is 4.98 Å². The van der Waals surface area contributed by atoms with E-state index in [4.69, 9.17) is 0 Å². The monoisotopic (exact) mass is 178 g/mol. The first kappa shape index (κ1) is 8.66. The summed E-state index contributed by atoms with van der Waals surface area (Å²) in [5.41, 5.74) is 0.746. The van der Waals surface area contributed by atoms with Gasteiger partial charge in [0.2, 0.25) is 0 Å². The third kappa shape index (κ3) is 2.50. The average Bonchev–Trinajstić information content (AvgIpc) is 2.99. The highest BCUT2D eigenvalue weighted by Crippen LogP contribution is 2.19. The lowest BCUT2D eigenvalue weighted by Crippen LogP contribution is -2.23. The Morgan fingerprint density at radius 1 is 1.54 bits per heavy atom. The summed E-state index contributed by atoms with van der Waals surface area (Å²) in [5.74, 6) is 0. The zero-order valence-electron chi connectivity index (χ0n) is 7.48. The first-order chi connectivity index (χ1) is 6.36. The fraction of sp³-hybridized carbons (Fsp3) is 0.500. The molecule has 1 unspecified atom stereocenters. The largest absolute Gasteiger partial charge is 0.385 e. The van der Waals surface area contributed by atoms with E-state index in [2.05, 4.69) is 10.3 Å². The molecule has 70 valence electrons. The molecule has 0 radical (unpaired) electrons. The van der Waals surface area contributed by atoms with Gasteiger partial charge < -0.3 is 10.4 Å². The summed E-state index contributed by atoms with van der Waals surface area (Å²) in [5, 5.41) is 12.9. The molecule has 0 aliphatic heterocycles. The molecule has 1 aromatic heterocycles. The molecule has 1 heterocycles. The van der Waals surface area contributed by atoms with Gasteiger partial charge in [0.15, 0.2) is 0 Å². The molecule has 3 nitrogen and oxygen atoms in total. The van der Waals surface area contributed by atoms with Gasteiger partial charge in [-0.2, -0.15) is 0 Å². The number of rotatable bonds is 4. The van der Waals surface area contributed by atoms with Crippen LogP contribution in [-0.2, 0) is 0 Å². The molecule has 13 heavy (non-hydrogen) atoms. The standard InChI is InChI=1S/C10H14N2O/c13-10(7-12-8-4-5-8)9-3-1-2-6-11-9/h1-3,6,8,10,12-13H,4-5,7H2. The van der Waals surface area contributed by atoms with Crippen LogP contribution in [0, 0.1) is 0 Å². The number of aliphatic hydroxyl groups is 1. The highest BCUT2D eigenvalue weighted by atomic mass is 16.3. The highest BCUT2D eigenvalue weighted by Gasteiger charge is 2.21. The topological polar surface area (TPSA) is 45.1 Å². The van der Waals surface area contributed by atoms with E-state index in [-0.39, 0.29) is 0 Å². The van der Waals surface area contributed by atoms with Crippen molar-refractivity contribution < 1.29 is 5.11 Å². The number of hydrogen-bond donors (Lipinski definition) is 2. The third-order valence-electron chi connectivity index (χ3n) is 2.21. The van der Waals surface area contributed by atoms with Gasteiger partial charge in [0, 0.05) is 18.8 Å². The maximum absolute atomic E-state index is 9.67. The fourth-order valence-corrected chi connectivity index (χ4v) is 1.24. The number of aromatic nitrogens is 1. The van der Waals surface area contributed by atoms with Gasteiger partial charge in [-0.05, 0) is 25.0 Å². The first-order valence-electron chi connectivity index (χ1n) is 4.68. The average molecular weight is 178 g/mol. The van der Waals surface area contributed by atoms with Crippen LogP contribution in [0.3, 0.4) is 0 Å². The van der Waals surface area contributed by atoms with Crippen molar-refractivity contribution in [2.24, 2.45) is 0 Å². The van der Waals surface area contributed by atoms with Crippen LogP contribution in [0.2, 0.25) is 0 Å². The van der Waals surface area contributed by atoms with Crippen LogP contribution < -0.4 is 5.32 Å². The van der Waals surface area contributed by atoms with Crippen LogP contribution in [0.25, 0.3) is 0 Å². The van der Waals surface area contributed by atoms with Gasteiger partial charge >= 0.3 is 0 Å². The van der Waals surface area contributed by atoms with Crippen molar-refractivity contribution in [3.8, 4) is 0 Å². The van der Waals surface area contributed by atoms with Gasteiger partial charge in [0.05, 0.1) is 5.69 Å². The second kappa shape index (κ2) is 3.85. The molecule has 1 aliphatic carbocycles. The molecule has 0 spiro atoms. The second-order valence-corrected chi connectivity index (χ2v) is 3.45. The van der Waals surface area contributed by atoms with E-state index in [9.17, 15) is 5.11 Å². The van der Waals surface area contributed by atoms with E-state index < -0.39 is 6.10 Å². The van der Waals surface area contributed by atoms with Gasteiger partial charge in [0.1, 0.15) is 6.10 Å². The Bertz CT molecular complexity index is 259. The van der Waals surface area contributed by atoms with Crippen LogP contribution in [0.5, 0.6) is 0 Å². The van der Waals surface area contributed by atoms with E-state index in [1.165, 1.54) is 12.8 Å². The van der Waals surface area contributed by atoms with E-state index >= 15 is 0 Å². The quantitative estimate of drug-likeness (QED) is 0.719. The van der Waals surface area contributed by atoms with E-state index in [1.807, 2.05) is 18.2 Å². The van der Waals surface area contributed by atoms with E-state index in [1.54, 1.807) is 6.20 Å². The number of nitrogens with zero attached hydrogens (tertiary/aromatic N) is 1.